The third-order valence-electron chi connectivity index (χ3n) is 3.08. The Morgan fingerprint density at radius 3 is 3.00 bits per heavy atom. The van der Waals surface area contributed by atoms with Gasteiger partial charge >= 0.3 is 5.97 Å². The highest BCUT2D eigenvalue weighted by molar-refractivity contribution is 5.93. The summed E-state index contributed by atoms with van der Waals surface area (Å²) in [4.78, 5) is 11.1. The molecule has 1 fully saturated rings. The molecule has 0 bridgehead atoms. The van der Waals surface area contributed by atoms with E-state index in [9.17, 15) is 4.79 Å². The van der Waals surface area contributed by atoms with Crippen molar-refractivity contribution in [2.24, 2.45) is 0 Å². The molecule has 0 spiro atoms. The number of nitrogens with two attached hydrogens (primary N) is 1. The molecule has 1 heterocycles. The molecule has 1 aliphatic rings. The molecule has 98 valence electrons. The third-order valence-corrected chi connectivity index (χ3v) is 3.08. The standard InChI is InChI=1S/C13H18N2O3/c14-11-5-1-4-10(13(16)17)12(11)18-9-3-2-7-15-8-6-9/h1,4-5,9,15H,2-3,6-8,14H2,(H,16,17). The Morgan fingerprint density at radius 1 is 1.39 bits per heavy atom. The van der Waals surface area contributed by atoms with Gasteiger partial charge in [-0.3, -0.25) is 0 Å². The monoisotopic (exact) mass is 250 g/mol. The van der Waals surface area contributed by atoms with Gasteiger partial charge in [-0.25, -0.2) is 4.79 Å². The zero-order chi connectivity index (χ0) is 13.0. The van der Waals surface area contributed by atoms with Gasteiger partial charge in [0.15, 0.2) is 5.75 Å². The Morgan fingerprint density at radius 2 is 2.22 bits per heavy atom. The van der Waals surface area contributed by atoms with Gasteiger partial charge in [0.25, 0.3) is 0 Å². The van der Waals surface area contributed by atoms with Crippen LogP contribution in [0.3, 0.4) is 0 Å². The Labute approximate surface area is 106 Å². The molecule has 1 saturated heterocycles. The van der Waals surface area contributed by atoms with Crippen molar-refractivity contribution in [1.29, 1.82) is 0 Å². The molecule has 0 amide bonds. The van der Waals surface area contributed by atoms with E-state index in [1.807, 2.05) is 0 Å². The van der Waals surface area contributed by atoms with Gasteiger partial charge in [-0.2, -0.15) is 0 Å². The van der Waals surface area contributed by atoms with Gasteiger partial charge in [-0.15, -0.1) is 0 Å². The number of carboxylic acids is 1. The molecule has 0 aromatic heterocycles. The quantitative estimate of drug-likeness (QED) is 0.708. The maximum atomic E-state index is 11.1. The van der Waals surface area contributed by atoms with Crippen LogP contribution in [0.25, 0.3) is 0 Å². The Bertz CT molecular complexity index is 426. The van der Waals surface area contributed by atoms with E-state index in [1.54, 1.807) is 12.1 Å². The highest BCUT2D eigenvalue weighted by Gasteiger charge is 2.19. The number of benzene rings is 1. The van der Waals surface area contributed by atoms with Crippen LogP contribution < -0.4 is 15.8 Å². The van der Waals surface area contributed by atoms with Gasteiger partial charge < -0.3 is 20.9 Å². The molecule has 1 unspecified atom stereocenters. The fourth-order valence-electron chi connectivity index (χ4n) is 2.13. The number of aromatic carboxylic acids is 1. The predicted octanol–water partition coefficient (Wildman–Crippen LogP) is 1.49. The van der Waals surface area contributed by atoms with Crippen molar-refractivity contribution in [3.05, 3.63) is 23.8 Å². The van der Waals surface area contributed by atoms with Crippen molar-refractivity contribution in [2.75, 3.05) is 18.8 Å². The van der Waals surface area contributed by atoms with Crippen molar-refractivity contribution in [3.8, 4) is 5.75 Å². The summed E-state index contributed by atoms with van der Waals surface area (Å²) in [6.07, 6.45) is 2.84. The van der Waals surface area contributed by atoms with Gasteiger partial charge in [0.05, 0.1) is 5.69 Å². The van der Waals surface area contributed by atoms with E-state index >= 15 is 0 Å². The average Bonchev–Trinajstić information content (AvgIpc) is 2.60. The van der Waals surface area contributed by atoms with Crippen LogP contribution in [-0.4, -0.2) is 30.3 Å². The Kier molecular flexibility index (Phi) is 4.04. The lowest BCUT2D eigenvalue weighted by Gasteiger charge is -2.19. The van der Waals surface area contributed by atoms with Gasteiger partial charge in [0, 0.05) is 0 Å². The first-order chi connectivity index (χ1) is 8.68. The highest BCUT2D eigenvalue weighted by Crippen LogP contribution is 2.29. The molecule has 1 aromatic rings. The molecular formula is C13H18N2O3. The molecule has 1 aliphatic heterocycles. The normalized spacial score (nSPS) is 20.1. The predicted molar refractivity (Wildman–Crippen MR) is 69.0 cm³/mol. The first-order valence-electron chi connectivity index (χ1n) is 6.17. The minimum absolute atomic E-state index is 0.0304. The lowest BCUT2D eigenvalue weighted by Crippen LogP contribution is -2.21. The van der Waals surface area contributed by atoms with E-state index < -0.39 is 5.97 Å². The number of para-hydroxylation sites is 1. The van der Waals surface area contributed by atoms with Crippen LogP contribution in [0.1, 0.15) is 29.6 Å². The molecule has 1 aromatic carbocycles. The molecule has 0 radical (unpaired) electrons. The first-order valence-corrected chi connectivity index (χ1v) is 6.17. The van der Waals surface area contributed by atoms with E-state index in [0.29, 0.717) is 11.4 Å². The zero-order valence-corrected chi connectivity index (χ0v) is 10.2. The second-order valence-electron chi connectivity index (χ2n) is 4.45. The highest BCUT2D eigenvalue weighted by atomic mass is 16.5. The van der Waals surface area contributed by atoms with Crippen LogP contribution in [0, 0.1) is 0 Å². The number of nitrogen functional groups attached to an aromatic ring is 1. The van der Waals surface area contributed by atoms with E-state index in [-0.39, 0.29) is 11.7 Å². The van der Waals surface area contributed by atoms with Crippen molar-refractivity contribution in [3.63, 3.8) is 0 Å². The summed E-state index contributed by atoms with van der Waals surface area (Å²) < 4.78 is 5.81. The van der Waals surface area contributed by atoms with E-state index in [0.717, 1.165) is 32.4 Å². The number of rotatable bonds is 3. The maximum absolute atomic E-state index is 11.1. The smallest absolute Gasteiger partial charge is 0.339 e. The largest absolute Gasteiger partial charge is 0.487 e. The number of ether oxygens (including phenoxy) is 1. The van der Waals surface area contributed by atoms with Crippen LogP contribution in [0.5, 0.6) is 5.75 Å². The van der Waals surface area contributed by atoms with Gasteiger partial charge in [0.2, 0.25) is 0 Å². The molecule has 2 rings (SSSR count). The van der Waals surface area contributed by atoms with Crippen LogP contribution in [-0.2, 0) is 0 Å². The molecule has 1 atom stereocenters. The Balaban J connectivity index is 2.19. The summed E-state index contributed by atoms with van der Waals surface area (Å²) in [7, 11) is 0. The number of anilines is 1. The number of carbonyl (C=O) groups is 1. The number of nitrogens with one attached hydrogen (secondary N) is 1. The van der Waals surface area contributed by atoms with E-state index in [1.165, 1.54) is 6.07 Å². The summed E-state index contributed by atoms with van der Waals surface area (Å²) in [5.41, 5.74) is 6.32. The molecule has 4 N–H and O–H groups in total. The summed E-state index contributed by atoms with van der Waals surface area (Å²) >= 11 is 0. The van der Waals surface area contributed by atoms with Gasteiger partial charge in [0.1, 0.15) is 11.7 Å². The second-order valence-corrected chi connectivity index (χ2v) is 4.45. The van der Waals surface area contributed by atoms with Crippen LogP contribution in [0.4, 0.5) is 5.69 Å². The third kappa shape index (κ3) is 2.92. The molecule has 0 saturated carbocycles. The van der Waals surface area contributed by atoms with Gasteiger partial charge in [-0.1, -0.05) is 6.07 Å². The fourth-order valence-corrected chi connectivity index (χ4v) is 2.13. The van der Waals surface area contributed by atoms with E-state index in [2.05, 4.69) is 5.32 Å². The van der Waals surface area contributed by atoms with Crippen molar-refractivity contribution < 1.29 is 14.6 Å². The average molecular weight is 250 g/mol. The lowest BCUT2D eigenvalue weighted by atomic mass is 10.1. The molecule has 5 heteroatoms. The summed E-state index contributed by atoms with van der Waals surface area (Å²) in [5, 5.41) is 12.4. The Hall–Kier alpha value is -1.75. The lowest BCUT2D eigenvalue weighted by molar-refractivity contribution is 0.0688. The topological polar surface area (TPSA) is 84.6 Å². The summed E-state index contributed by atoms with van der Waals surface area (Å²) in [6, 6.07) is 4.81. The fraction of sp³-hybridized carbons (Fsp3) is 0.462. The van der Waals surface area contributed by atoms with Crippen molar-refractivity contribution in [1.82, 2.24) is 5.32 Å². The van der Waals surface area contributed by atoms with E-state index in [4.69, 9.17) is 15.6 Å². The van der Waals surface area contributed by atoms with Crippen LogP contribution in [0.2, 0.25) is 0 Å². The van der Waals surface area contributed by atoms with Crippen molar-refractivity contribution >= 4 is 11.7 Å². The second kappa shape index (κ2) is 5.73. The zero-order valence-electron chi connectivity index (χ0n) is 10.2. The molecule has 18 heavy (non-hydrogen) atoms. The van der Waals surface area contributed by atoms with Crippen LogP contribution >= 0.6 is 0 Å². The number of hydrogen-bond donors (Lipinski definition) is 3. The first kappa shape index (κ1) is 12.7. The number of carboxylic acid groups (broad SMARTS) is 1. The van der Waals surface area contributed by atoms with Gasteiger partial charge in [-0.05, 0) is 44.5 Å². The summed E-state index contributed by atoms with van der Waals surface area (Å²) in [6.45, 7) is 1.87. The SMILES string of the molecule is Nc1cccc(C(=O)O)c1OC1CCCNCC1. The van der Waals surface area contributed by atoms with Crippen LogP contribution in [0.15, 0.2) is 18.2 Å². The minimum Gasteiger partial charge on any atom is -0.487 e. The molecule has 0 aliphatic carbocycles. The van der Waals surface area contributed by atoms with Crippen molar-refractivity contribution in [2.45, 2.75) is 25.4 Å². The molecule has 5 nitrogen and oxygen atoms in total. The summed E-state index contributed by atoms with van der Waals surface area (Å²) in [5.74, 6) is -0.707. The molecular weight excluding hydrogens is 232 g/mol. The number of hydrogen-bond acceptors (Lipinski definition) is 4. The maximum Gasteiger partial charge on any atom is 0.339 e. The minimum atomic E-state index is -1.01.